The van der Waals surface area contributed by atoms with Crippen molar-refractivity contribution >= 4 is 23.1 Å². The molecule has 0 spiro atoms. The Morgan fingerprint density at radius 2 is 1.76 bits per heavy atom. The van der Waals surface area contributed by atoms with E-state index in [-0.39, 0.29) is 0 Å². The second-order valence-corrected chi connectivity index (χ2v) is 3.85. The molecule has 1 heteroatoms. The molecule has 3 aromatic rings. The number of para-hydroxylation sites is 1. The highest BCUT2D eigenvalue weighted by atomic mass is 16.3. The molecule has 1 heterocycles. The predicted molar refractivity (Wildman–Crippen MR) is 71.6 cm³/mol. The van der Waals surface area contributed by atoms with Crippen molar-refractivity contribution in [2.24, 2.45) is 0 Å². The monoisotopic (exact) mass is 221 g/mol. The molecule has 2 aromatic carbocycles. The molecule has 0 atom stereocenters. The summed E-state index contributed by atoms with van der Waals surface area (Å²) in [4.78, 5) is 0. The summed E-state index contributed by atoms with van der Waals surface area (Å²) in [5, 5.41) is 0.968. The number of hydrogen-bond acceptors (Lipinski definition) is 1. The van der Waals surface area contributed by atoms with E-state index in [1.165, 1.54) is 0 Å². The first-order chi connectivity index (χ1) is 8.83. The second kappa shape index (κ2) is 4.30. The van der Waals surface area contributed by atoms with Crippen LogP contribution in [0.3, 0.4) is 0 Å². The van der Waals surface area contributed by atoms with Gasteiger partial charge in [0.2, 0.25) is 0 Å². The molecule has 17 heavy (non-hydrogen) atoms. The molecule has 0 saturated heterocycles. The third-order valence-corrected chi connectivity index (χ3v) is 2.61. The topological polar surface area (TPSA) is 13.1 Å². The summed E-state index contributed by atoms with van der Waals surface area (Å²) in [6, 6.07) is 18.0. The Morgan fingerprint density at radius 1 is 0.941 bits per heavy atom. The van der Waals surface area contributed by atoms with Crippen LogP contribution in [-0.4, -0.2) is 0 Å². The zero-order chi connectivity index (χ0) is 12.4. The van der Waals surface area contributed by atoms with Crippen molar-refractivity contribution in [2.75, 3.05) is 0 Å². The lowest BCUT2D eigenvalue weighted by Gasteiger charge is -1.89. The number of hydrogen-bond donors (Lipinski definition) is 0. The standard InChI is InChI=1S/C16H12O/c1-2-6-13(7-3-1)10-11-15-12-14-8-4-5-9-16(14)17-15/h1-12H/b11-10+/i9D. The fourth-order valence-corrected chi connectivity index (χ4v) is 1.76. The quantitative estimate of drug-likeness (QED) is 0.616. The first kappa shape index (κ1) is 8.82. The van der Waals surface area contributed by atoms with E-state index in [4.69, 9.17) is 5.79 Å². The maximum absolute atomic E-state index is 7.76. The van der Waals surface area contributed by atoms with Crippen LogP contribution in [0.1, 0.15) is 12.7 Å². The van der Waals surface area contributed by atoms with Gasteiger partial charge in [-0.1, -0.05) is 54.6 Å². The Kier molecular flexibility index (Phi) is 2.23. The predicted octanol–water partition coefficient (Wildman–Crippen LogP) is 4.60. The smallest absolute Gasteiger partial charge is 0.134 e. The molecule has 0 unspecified atom stereocenters. The van der Waals surface area contributed by atoms with Crippen LogP contribution in [0.2, 0.25) is 0 Å². The first-order valence-corrected chi connectivity index (χ1v) is 5.55. The normalized spacial score (nSPS) is 12.1. The third kappa shape index (κ3) is 2.13. The molecule has 0 aliphatic rings. The first-order valence-electron chi connectivity index (χ1n) is 6.05. The number of furan rings is 1. The number of benzene rings is 2. The average Bonchev–Trinajstić information content (AvgIpc) is 2.82. The second-order valence-electron chi connectivity index (χ2n) is 3.85. The van der Waals surface area contributed by atoms with Gasteiger partial charge < -0.3 is 4.42 Å². The SMILES string of the molecule is [2H]c1cccc2cc(/C=C/c3ccccc3)oc12. The molecule has 3 rings (SSSR count). The minimum atomic E-state index is 0.423. The van der Waals surface area contributed by atoms with Crippen molar-refractivity contribution in [3.05, 3.63) is 72.0 Å². The van der Waals surface area contributed by atoms with Gasteiger partial charge in [-0.15, -0.1) is 0 Å². The molecule has 0 aliphatic carbocycles. The average molecular weight is 221 g/mol. The van der Waals surface area contributed by atoms with Crippen LogP contribution >= 0.6 is 0 Å². The summed E-state index contributed by atoms with van der Waals surface area (Å²) in [6.45, 7) is 0. The zero-order valence-corrected chi connectivity index (χ0v) is 9.26. The lowest BCUT2D eigenvalue weighted by Crippen LogP contribution is -1.67. The van der Waals surface area contributed by atoms with Crippen LogP contribution in [0, 0.1) is 0 Å². The Morgan fingerprint density at radius 3 is 2.59 bits per heavy atom. The molecule has 0 saturated carbocycles. The highest BCUT2D eigenvalue weighted by Gasteiger charge is 1.98. The lowest BCUT2D eigenvalue weighted by molar-refractivity contribution is 0.604. The van der Waals surface area contributed by atoms with Crippen LogP contribution in [0.5, 0.6) is 0 Å². The highest BCUT2D eigenvalue weighted by molar-refractivity contribution is 5.81. The van der Waals surface area contributed by atoms with E-state index in [1.807, 2.05) is 60.7 Å². The van der Waals surface area contributed by atoms with Crippen molar-refractivity contribution in [3.8, 4) is 0 Å². The third-order valence-electron chi connectivity index (χ3n) is 2.61. The van der Waals surface area contributed by atoms with E-state index in [2.05, 4.69) is 0 Å². The van der Waals surface area contributed by atoms with Gasteiger partial charge in [-0.05, 0) is 23.7 Å². The van der Waals surface area contributed by atoms with Gasteiger partial charge in [0.05, 0.1) is 1.37 Å². The number of fused-ring (bicyclic) bond motifs is 1. The Balaban J connectivity index is 1.96. The maximum atomic E-state index is 7.76. The van der Waals surface area contributed by atoms with Crippen molar-refractivity contribution in [1.29, 1.82) is 0 Å². The van der Waals surface area contributed by atoms with Crippen molar-refractivity contribution < 1.29 is 5.79 Å². The van der Waals surface area contributed by atoms with Gasteiger partial charge in [0.25, 0.3) is 0 Å². The van der Waals surface area contributed by atoms with Crippen LogP contribution in [0.25, 0.3) is 23.1 Å². The van der Waals surface area contributed by atoms with Crippen molar-refractivity contribution in [2.45, 2.75) is 0 Å². The Hall–Kier alpha value is -2.28. The Labute approximate surface area is 101 Å². The summed E-state index contributed by atoms with van der Waals surface area (Å²) in [5.74, 6) is 0.772. The molecule has 0 aliphatic heterocycles. The van der Waals surface area contributed by atoms with Gasteiger partial charge >= 0.3 is 0 Å². The lowest BCUT2D eigenvalue weighted by atomic mass is 10.2. The molecule has 0 bridgehead atoms. The van der Waals surface area contributed by atoms with Crippen LogP contribution in [-0.2, 0) is 0 Å². The minimum absolute atomic E-state index is 0.423. The molecule has 0 amide bonds. The van der Waals surface area contributed by atoms with Crippen LogP contribution < -0.4 is 0 Å². The fraction of sp³-hybridized carbons (Fsp3) is 0. The van der Waals surface area contributed by atoms with Gasteiger partial charge in [-0.25, -0.2) is 0 Å². The van der Waals surface area contributed by atoms with E-state index in [0.29, 0.717) is 11.6 Å². The van der Waals surface area contributed by atoms with Gasteiger partial charge in [-0.2, -0.15) is 0 Å². The van der Waals surface area contributed by atoms with Gasteiger partial charge in [0, 0.05) is 5.39 Å². The summed E-state index contributed by atoms with van der Waals surface area (Å²) >= 11 is 0. The van der Waals surface area contributed by atoms with E-state index < -0.39 is 0 Å². The molecule has 0 fully saturated rings. The van der Waals surface area contributed by atoms with Gasteiger partial charge in [0.1, 0.15) is 11.3 Å². The van der Waals surface area contributed by atoms with Gasteiger partial charge in [-0.3, -0.25) is 0 Å². The van der Waals surface area contributed by atoms with Crippen LogP contribution in [0.4, 0.5) is 0 Å². The fourth-order valence-electron chi connectivity index (χ4n) is 1.76. The maximum Gasteiger partial charge on any atom is 0.134 e. The molecule has 1 aromatic heterocycles. The molecule has 0 N–H and O–H groups in total. The van der Waals surface area contributed by atoms with Crippen LogP contribution in [0.15, 0.2) is 65.1 Å². The summed E-state index contributed by atoms with van der Waals surface area (Å²) in [7, 11) is 0. The summed E-state index contributed by atoms with van der Waals surface area (Å²) < 4.78 is 13.4. The highest BCUT2D eigenvalue weighted by Crippen LogP contribution is 2.20. The zero-order valence-electron chi connectivity index (χ0n) is 10.3. The van der Waals surface area contributed by atoms with Gasteiger partial charge in [0.15, 0.2) is 0 Å². The molecule has 1 nitrogen and oxygen atoms in total. The van der Waals surface area contributed by atoms with E-state index >= 15 is 0 Å². The molecular weight excluding hydrogens is 208 g/mol. The van der Waals surface area contributed by atoms with E-state index in [0.717, 1.165) is 16.7 Å². The van der Waals surface area contributed by atoms with E-state index in [9.17, 15) is 0 Å². The summed E-state index contributed by atoms with van der Waals surface area (Å²) in [6.07, 6.45) is 3.93. The largest absolute Gasteiger partial charge is 0.457 e. The Bertz CT molecular complexity index is 695. The van der Waals surface area contributed by atoms with Crippen molar-refractivity contribution in [1.82, 2.24) is 0 Å². The minimum Gasteiger partial charge on any atom is -0.457 e. The van der Waals surface area contributed by atoms with E-state index in [1.54, 1.807) is 6.07 Å². The molecular formula is C16H12O. The molecule has 0 radical (unpaired) electrons. The number of rotatable bonds is 2. The summed E-state index contributed by atoms with van der Waals surface area (Å²) in [5.41, 5.74) is 1.77. The molecule has 82 valence electrons. The van der Waals surface area contributed by atoms with Crippen molar-refractivity contribution in [3.63, 3.8) is 0 Å².